The van der Waals surface area contributed by atoms with E-state index >= 15 is 0 Å². The lowest BCUT2D eigenvalue weighted by Gasteiger charge is -2.24. The van der Waals surface area contributed by atoms with Crippen LogP contribution in [0.5, 0.6) is 0 Å². The highest BCUT2D eigenvalue weighted by Crippen LogP contribution is 2.37. The van der Waals surface area contributed by atoms with Crippen LogP contribution in [0, 0.1) is 5.92 Å². The first-order chi connectivity index (χ1) is 15.9. The molecule has 2 aromatic carbocycles. The number of nitrogens with one attached hydrogen (secondary N) is 1. The molecule has 2 aromatic rings. The molecule has 0 unspecified atom stereocenters. The smallest absolute Gasteiger partial charge is 0.352 e. The summed E-state index contributed by atoms with van der Waals surface area (Å²) in [5, 5.41) is 2.42. The summed E-state index contributed by atoms with van der Waals surface area (Å²) in [6, 6.07) is 9.28. The standard InChI is InChI=1S/C24H30ClF3N2O3S/c1-4-6-7-17(5-2)15-29-23(31)19-10-8-18(9-11-19)16-30(34(3,32)33)20-12-13-22(25)21(14-20)24(26,27)28/h8-14,17H,4-7,15-16H2,1-3H3,(H,29,31)/t17-/m1/s1. The molecule has 5 nitrogen and oxygen atoms in total. The van der Waals surface area contributed by atoms with Crippen molar-refractivity contribution in [1.29, 1.82) is 0 Å². The van der Waals surface area contributed by atoms with Crippen LogP contribution in [0.1, 0.15) is 61.0 Å². The summed E-state index contributed by atoms with van der Waals surface area (Å²) in [4.78, 5) is 12.5. The van der Waals surface area contributed by atoms with Crippen LogP contribution in [0.4, 0.5) is 18.9 Å². The highest BCUT2D eigenvalue weighted by atomic mass is 35.5. The Morgan fingerprint density at radius 2 is 1.76 bits per heavy atom. The van der Waals surface area contributed by atoms with Crippen LogP contribution in [0.2, 0.25) is 5.02 Å². The number of alkyl halides is 3. The van der Waals surface area contributed by atoms with Crippen molar-refractivity contribution < 1.29 is 26.4 Å². The third-order valence-corrected chi connectivity index (χ3v) is 7.05. The Balaban J connectivity index is 2.17. The second kappa shape index (κ2) is 11.9. The predicted molar refractivity (Wildman–Crippen MR) is 130 cm³/mol. The summed E-state index contributed by atoms with van der Waals surface area (Å²) in [5.74, 6) is 0.182. The number of carbonyl (C=O) groups excluding carboxylic acids is 1. The topological polar surface area (TPSA) is 66.5 Å². The van der Waals surface area contributed by atoms with Gasteiger partial charge in [-0.2, -0.15) is 13.2 Å². The van der Waals surface area contributed by atoms with Gasteiger partial charge in [-0.05, 0) is 48.2 Å². The number of anilines is 1. The second-order valence-electron chi connectivity index (χ2n) is 8.25. The third kappa shape index (κ3) is 7.91. The van der Waals surface area contributed by atoms with Crippen molar-refractivity contribution >= 4 is 33.2 Å². The number of nitrogens with zero attached hydrogens (tertiary/aromatic N) is 1. The lowest BCUT2D eigenvalue weighted by atomic mass is 9.99. The number of hydrogen-bond donors (Lipinski definition) is 1. The SMILES string of the molecule is CCCC[C@@H](CC)CNC(=O)c1ccc(CN(c2ccc(Cl)c(C(F)(F)F)c2)S(C)(=O)=O)cc1. The summed E-state index contributed by atoms with van der Waals surface area (Å²) in [6.07, 6.45) is 0.426. The maximum absolute atomic E-state index is 13.2. The van der Waals surface area contributed by atoms with Crippen molar-refractivity contribution in [3.63, 3.8) is 0 Å². The van der Waals surface area contributed by atoms with Crippen molar-refractivity contribution in [1.82, 2.24) is 5.32 Å². The van der Waals surface area contributed by atoms with Gasteiger partial charge in [-0.25, -0.2) is 8.42 Å². The maximum atomic E-state index is 13.2. The summed E-state index contributed by atoms with van der Waals surface area (Å²) >= 11 is 5.66. The molecule has 0 spiro atoms. The Morgan fingerprint density at radius 3 is 2.29 bits per heavy atom. The molecule has 1 atom stereocenters. The third-order valence-electron chi connectivity index (χ3n) is 5.58. The number of rotatable bonds is 11. The van der Waals surface area contributed by atoms with Crippen molar-refractivity contribution in [3.8, 4) is 0 Å². The predicted octanol–water partition coefficient (Wildman–Crippen LogP) is 6.27. The van der Waals surface area contributed by atoms with Crippen LogP contribution < -0.4 is 9.62 Å². The molecular formula is C24H30ClF3N2O3S. The van der Waals surface area contributed by atoms with Gasteiger partial charge in [-0.1, -0.05) is 56.8 Å². The van der Waals surface area contributed by atoms with E-state index in [1.807, 2.05) is 0 Å². The molecule has 0 saturated heterocycles. The number of benzene rings is 2. The highest BCUT2D eigenvalue weighted by molar-refractivity contribution is 7.92. The zero-order valence-electron chi connectivity index (χ0n) is 19.5. The highest BCUT2D eigenvalue weighted by Gasteiger charge is 2.34. The number of carbonyl (C=O) groups is 1. The molecule has 34 heavy (non-hydrogen) atoms. The molecule has 0 aliphatic heterocycles. The summed E-state index contributed by atoms with van der Waals surface area (Å²) < 4.78 is 65.3. The van der Waals surface area contributed by atoms with Gasteiger partial charge >= 0.3 is 6.18 Å². The van der Waals surface area contributed by atoms with Crippen molar-refractivity contribution in [3.05, 3.63) is 64.2 Å². The Bertz CT molecular complexity index is 1070. The van der Waals surface area contributed by atoms with E-state index in [2.05, 4.69) is 19.2 Å². The molecule has 0 aromatic heterocycles. The molecule has 0 bridgehead atoms. The molecular weight excluding hydrogens is 489 g/mol. The number of unbranched alkanes of at least 4 members (excludes halogenated alkanes) is 1. The first-order valence-corrected chi connectivity index (χ1v) is 13.3. The lowest BCUT2D eigenvalue weighted by Crippen LogP contribution is -2.30. The Morgan fingerprint density at radius 1 is 1.12 bits per heavy atom. The van der Waals surface area contributed by atoms with Gasteiger partial charge in [0.05, 0.1) is 29.1 Å². The summed E-state index contributed by atoms with van der Waals surface area (Å²) in [7, 11) is -3.90. The van der Waals surface area contributed by atoms with Crippen molar-refractivity contribution in [2.75, 3.05) is 17.1 Å². The zero-order chi connectivity index (χ0) is 25.5. The molecule has 0 heterocycles. The van der Waals surface area contributed by atoms with E-state index in [0.717, 1.165) is 42.3 Å². The average Bonchev–Trinajstić information content (AvgIpc) is 2.77. The molecule has 0 radical (unpaired) electrons. The molecule has 1 amide bonds. The van der Waals surface area contributed by atoms with Gasteiger partial charge < -0.3 is 5.32 Å². The van der Waals surface area contributed by atoms with Crippen LogP contribution in [-0.2, 0) is 22.7 Å². The minimum absolute atomic E-state index is 0.154. The molecule has 0 saturated carbocycles. The van der Waals surface area contributed by atoms with Crippen LogP contribution >= 0.6 is 11.6 Å². The average molecular weight is 519 g/mol. The van der Waals surface area contributed by atoms with Crippen LogP contribution in [0.15, 0.2) is 42.5 Å². The molecule has 0 fully saturated rings. The monoisotopic (exact) mass is 518 g/mol. The van der Waals surface area contributed by atoms with Crippen molar-refractivity contribution in [2.24, 2.45) is 5.92 Å². The minimum atomic E-state index is -4.72. The molecule has 10 heteroatoms. The Kier molecular flexibility index (Phi) is 9.82. The molecule has 0 aliphatic carbocycles. The van der Waals surface area contributed by atoms with Crippen LogP contribution in [0.3, 0.4) is 0 Å². The normalized spacial score (nSPS) is 12.9. The number of halogens is 4. The largest absolute Gasteiger partial charge is 0.417 e. The fraction of sp³-hybridized carbons (Fsp3) is 0.458. The zero-order valence-corrected chi connectivity index (χ0v) is 21.0. The lowest BCUT2D eigenvalue weighted by molar-refractivity contribution is -0.137. The molecule has 1 N–H and O–H groups in total. The summed E-state index contributed by atoms with van der Waals surface area (Å²) in [6.45, 7) is 4.60. The van der Waals surface area contributed by atoms with Crippen LogP contribution in [0.25, 0.3) is 0 Å². The van der Waals surface area contributed by atoms with E-state index in [-0.39, 0.29) is 18.1 Å². The second-order valence-corrected chi connectivity index (χ2v) is 10.6. The number of sulfonamides is 1. The Hall–Kier alpha value is -2.26. The van der Waals surface area contributed by atoms with Gasteiger partial charge in [0, 0.05) is 12.1 Å². The fourth-order valence-corrected chi connectivity index (χ4v) is 4.60. The van der Waals surface area contributed by atoms with Gasteiger partial charge in [0.2, 0.25) is 10.0 Å². The van der Waals surface area contributed by atoms with Gasteiger partial charge in [0.15, 0.2) is 0 Å². The first-order valence-electron chi connectivity index (χ1n) is 11.1. The number of hydrogen-bond acceptors (Lipinski definition) is 3. The van der Waals surface area contributed by atoms with E-state index in [1.165, 1.54) is 6.07 Å². The Labute approximate surface area is 204 Å². The molecule has 2 rings (SSSR count). The van der Waals surface area contributed by atoms with E-state index < -0.39 is 26.8 Å². The minimum Gasteiger partial charge on any atom is -0.352 e. The quantitative estimate of drug-likeness (QED) is 0.381. The van der Waals surface area contributed by atoms with E-state index in [1.54, 1.807) is 24.3 Å². The van der Waals surface area contributed by atoms with Gasteiger partial charge in [-0.15, -0.1) is 0 Å². The van der Waals surface area contributed by atoms with Gasteiger partial charge in [0.25, 0.3) is 5.91 Å². The van der Waals surface area contributed by atoms with Gasteiger partial charge in [0.1, 0.15) is 0 Å². The first kappa shape index (κ1) is 28.0. The van der Waals surface area contributed by atoms with E-state index in [4.69, 9.17) is 11.6 Å². The van der Waals surface area contributed by atoms with E-state index in [0.29, 0.717) is 29.7 Å². The fourth-order valence-electron chi connectivity index (χ4n) is 3.50. The van der Waals surface area contributed by atoms with E-state index in [9.17, 15) is 26.4 Å². The summed E-state index contributed by atoms with van der Waals surface area (Å²) in [5.41, 5.74) is -0.332. The van der Waals surface area contributed by atoms with Crippen molar-refractivity contribution in [2.45, 2.75) is 52.3 Å². The van der Waals surface area contributed by atoms with Crippen LogP contribution in [-0.4, -0.2) is 27.1 Å². The molecule has 0 aliphatic rings. The maximum Gasteiger partial charge on any atom is 0.417 e. The van der Waals surface area contributed by atoms with Gasteiger partial charge in [-0.3, -0.25) is 9.10 Å². The number of amides is 1. The molecule has 188 valence electrons.